The van der Waals surface area contributed by atoms with E-state index < -0.39 is 11.9 Å². The Hall–Kier alpha value is -1.10. The van der Waals surface area contributed by atoms with E-state index in [1.54, 1.807) is 0 Å². The fourth-order valence-corrected chi connectivity index (χ4v) is 0. The number of carboxylic acids is 1. The Kier molecular flexibility index (Phi) is 8.28. The minimum atomic E-state index is -0.833. The number of hydrogen-bond donors (Lipinski definition) is 2. The average molecular weight is 136 g/mol. The Balaban J connectivity index is 0. The van der Waals surface area contributed by atoms with Crippen molar-refractivity contribution < 1.29 is 24.8 Å². The van der Waals surface area contributed by atoms with Gasteiger partial charge in [0.2, 0.25) is 0 Å². The molecule has 9 heavy (non-hydrogen) atoms. The first kappa shape index (κ1) is 10.8. The Morgan fingerprint density at radius 2 is 1.44 bits per heavy atom. The van der Waals surface area contributed by atoms with Gasteiger partial charge in [0.15, 0.2) is 0 Å². The van der Waals surface area contributed by atoms with Crippen LogP contribution in [0.5, 0.6) is 0 Å². The Morgan fingerprint density at radius 1 is 1.33 bits per heavy atom. The smallest absolute Gasteiger partial charge is 0.339 e. The van der Waals surface area contributed by atoms with Gasteiger partial charge in [0.25, 0.3) is 5.97 Å². The van der Waals surface area contributed by atoms with Crippen LogP contribution in [0.25, 0.3) is 0 Å². The van der Waals surface area contributed by atoms with Crippen LogP contribution < -0.4 is 0 Å². The summed E-state index contributed by atoms with van der Waals surface area (Å²) in [7, 11) is 0. The lowest BCUT2D eigenvalue weighted by atomic mass is 10.9. The molecular weight excluding hydrogens is 128 g/mol. The largest absolute Gasteiger partial charge is 0.481 e. The molecule has 0 aliphatic heterocycles. The summed E-state index contributed by atoms with van der Waals surface area (Å²) in [5, 5.41) is 14.7. The number of carbonyl (C=O) groups excluding carboxylic acids is 1. The lowest BCUT2D eigenvalue weighted by molar-refractivity contribution is -0.231. The summed E-state index contributed by atoms with van der Waals surface area (Å²) in [6.07, 6.45) is 0. The van der Waals surface area contributed by atoms with Crippen LogP contribution >= 0.6 is 0 Å². The van der Waals surface area contributed by atoms with Gasteiger partial charge in [-0.25, -0.2) is 4.79 Å². The van der Waals surface area contributed by atoms with Crippen LogP contribution in [0.15, 0.2) is 0 Å². The molecule has 0 rings (SSSR count). The second kappa shape index (κ2) is 6.90. The molecule has 0 unspecified atom stereocenters. The molecule has 0 aliphatic carbocycles. The molecule has 2 N–H and O–H groups in total. The van der Waals surface area contributed by atoms with Crippen molar-refractivity contribution in [2.24, 2.45) is 0 Å². The predicted molar refractivity (Wildman–Crippen MR) is 27.7 cm³/mol. The van der Waals surface area contributed by atoms with Crippen LogP contribution in [-0.4, -0.2) is 22.3 Å². The highest BCUT2D eigenvalue weighted by molar-refractivity contribution is 5.64. The molecule has 0 aromatic heterocycles. The van der Waals surface area contributed by atoms with Crippen LogP contribution in [0.1, 0.15) is 13.8 Å². The Bertz CT molecular complexity index is 93.1. The highest BCUT2D eigenvalue weighted by Crippen LogP contribution is 1.59. The van der Waals surface area contributed by atoms with Gasteiger partial charge in [-0.3, -0.25) is 4.79 Å². The second-order valence-corrected chi connectivity index (χ2v) is 1.10. The van der Waals surface area contributed by atoms with Crippen molar-refractivity contribution in [2.45, 2.75) is 13.8 Å². The van der Waals surface area contributed by atoms with Crippen LogP contribution in [-0.2, 0) is 14.5 Å². The van der Waals surface area contributed by atoms with Crippen molar-refractivity contribution in [3.8, 4) is 0 Å². The fourth-order valence-electron chi connectivity index (χ4n) is 0. The third-order valence-corrected chi connectivity index (χ3v) is 0.129. The van der Waals surface area contributed by atoms with Crippen molar-refractivity contribution in [3.63, 3.8) is 0 Å². The minimum Gasteiger partial charge on any atom is -0.481 e. The van der Waals surface area contributed by atoms with Gasteiger partial charge in [-0.1, -0.05) is 0 Å². The van der Waals surface area contributed by atoms with Gasteiger partial charge in [0.1, 0.15) is 0 Å². The van der Waals surface area contributed by atoms with Gasteiger partial charge in [0.05, 0.1) is 0 Å². The normalized spacial score (nSPS) is 6.56. The molecule has 0 spiro atoms. The highest BCUT2D eigenvalue weighted by atomic mass is 17.1. The van der Waals surface area contributed by atoms with E-state index in [1.807, 2.05) is 0 Å². The summed E-state index contributed by atoms with van der Waals surface area (Å²) in [4.78, 5) is 21.5. The lowest BCUT2D eigenvalue weighted by Crippen LogP contribution is -1.89. The van der Waals surface area contributed by atoms with E-state index in [4.69, 9.17) is 15.2 Å². The molecule has 0 aromatic carbocycles. The molecule has 0 heterocycles. The molecule has 0 radical (unpaired) electrons. The number of hydrogen-bond acceptors (Lipinski definition) is 4. The molecular formula is C4H8O5. The molecule has 0 saturated heterocycles. The zero-order valence-electron chi connectivity index (χ0n) is 5.12. The lowest BCUT2D eigenvalue weighted by Gasteiger charge is -1.76. The highest BCUT2D eigenvalue weighted by Gasteiger charge is 1.79. The molecule has 0 atom stereocenters. The van der Waals surface area contributed by atoms with E-state index in [9.17, 15) is 4.79 Å². The molecule has 0 aromatic rings. The number of carboxylic acid groups (broad SMARTS) is 1. The quantitative estimate of drug-likeness (QED) is 0.365. The molecule has 54 valence electrons. The Morgan fingerprint density at radius 3 is 1.44 bits per heavy atom. The van der Waals surface area contributed by atoms with Gasteiger partial charge >= 0.3 is 5.97 Å². The summed E-state index contributed by atoms with van der Waals surface area (Å²) >= 11 is 0. The van der Waals surface area contributed by atoms with E-state index in [-0.39, 0.29) is 0 Å². The average Bonchev–Trinajstić information content (AvgIpc) is 1.65. The van der Waals surface area contributed by atoms with Gasteiger partial charge in [-0.15, -0.1) is 0 Å². The van der Waals surface area contributed by atoms with Crippen molar-refractivity contribution in [1.29, 1.82) is 0 Å². The Labute approximate surface area is 51.8 Å². The summed E-state index contributed by atoms with van der Waals surface area (Å²) in [6.45, 7) is 2.19. The third-order valence-electron chi connectivity index (χ3n) is 0.129. The zero-order chi connectivity index (χ0) is 7.86. The van der Waals surface area contributed by atoms with Crippen molar-refractivity contribution >= 4 is 11.9 Å². The molecule has 5 nitrogen and oxygen atoms in total. The van der Waals surface area contributed by atoms with Crippen molar-refractivity contribution in [3.05, 3.63) is 0 Å². The first-order valence-electron chi connectivity index (χ1n) is 2.02. The van der Waals surface area contributed by atoms with Crippen LogP contribution in [0, 0.1) is 0 Å². The number of carbonyl (C=O) groups is 2. The van der Waals surface area contributed by atoms with E-state index in [2.05, 4.69) is 4.89 Å². The molecule has 0 bridgehead atoms. The molecule has 0 fully saturated rings. The second-order valence-electron chi connectivity index (χ2n) is 1.10. The number of aliphatic carboxylic acids is 1. The van der Waals surface area contributed by atoms with Gasteiger partial charge in [-0.05, 0) is 0 Å². The summed E-state index contributed by atoms with van der Waals surface area (Å²) in [5.41, 5.74) is 0. The van der Waals surface area contributed by atoms with Gasteiger partial charge < -0.3 is 9.99 Å². The topological polar surface area (TPSA) is 83.8 Å². The predicted octanol–water partition coefficient (Wildman–Crippen LogP) is 0.113. The summed E-state index contributed by atoms with van der Waals surface area (Å²) in [5.74, 6) is -1.52. The molecule has 5 heteroatoms. The standard InChI is InChI=1S/C2H4O3.C2H4O2/c1-2(3)5-4;1-2(3)4/h4H,1H3;1H3,(H,3,4). The maximum Gasteiger partial charge on any atom is 0.339 e. The van der Waals surface area contributed by atoms with E-state index >= 15 is 0 Å². The van der Waals surface area contributed by atoms with Gasteiger partial charge in [-0.2, -0.15) is 5.26 Å². The van der Waals surface area contributed by atoms with Crippen LogP contribution in [0.4, 0.5) is 0 Å². The molecule has 0 aliphatic rings. The SMILES string of the molecule is CC(=O)O.CC(=O)OO. The van der Waals surface area contributed by atoms with Crippen molar-refractivity contribution in [1.82, 2.24) is 0 Å². The van der Waals surface area contributed by atoms with Gasteiger partial charge in [0, 0.05) is 13.8 Å². The maximum atomic E-state index is 9.34. The van der Waals surface area contributed by atoms with Crippen LogP contribution in [0.2, 0.25) is 0 Å². The van der Waals surface area contributed by atoms with Crippen LogP contribution in [0.3, 0.4) is 0 Å². The molecule has 0 amide bonds. The first-order chi connectivity index (χ1) is 4.00. The molecule has 0 saturated carbocycles. The monoisotopic (exact) mass is 136 g/mol. The maximum absolute atomic E-state index is 9.34. The van der Waals surface area contributed by atoms with Crippen molar-refractivity contribution in [2.75, 3.05) is 0 Å². The fraction of sp³-hybridized carbons (Fsp3) is 0.500. The summed E-state index contributed by atoms with van der Waals surface area (Å²) < 4.78 is 0. The first-order valence-corrected chi connectivity index (χ1v) is 2.02. The summed E-state index contributed by atoms with van der Waals surface area (Å²) in [6, 6.07) is 0. The minimum absolute atomic E-state index is 0.690. The van der Waals surface area contributed by atoms with E-state index in [1.165, 1.54) is 0 Å². The van der Waals surface area contributed by atoms with E-state index in [0.29, 0.717) is 0 Å². The third kappa shape index (κ3) is 205. The zero-order valence-corrected chi connectivity index (χ0v) is 5.12. The number of rotatable bonds is 0. The van der Waals surface area contributed by atoms with E-state index in [0.717, 1.165) is 13.8 Å².